The van der Waals surface area contributed by atoms with Crippen molar-refractivity contribution in [2.75, 3.05) is 5.73 Å². The summed E-state index contributed by atoms with van der Waals surface area (Å²) >= 11 is 5.68. The zero-order valence-corrected chi connectivity index (χ0v) is 10.0. The predicted octanol–water partition coefficient (Wildman–Crippen LogP) is 3.78. The monoisotopic (exact) mass is 269 g/mol. The summed E-state index contributed by atoms with van der Waals surface area (Å²) in [6, 6.07) is 8.64. The van der Waals surface area contributed by atoms with Crippen LogP contribution in [0.25, 0.3) is 0 Å². The Labute approximate surface area is 108 Å². The van der Waals surface area contributed by atoms with Gasteiger partial charge in [0.05, 0.1) is 5.02 Å². The lowest BCUT2D eigenvalue weighted by Crippen LogP contribution is -2.01. The van der Waals surface area contributed by atoms with Gasteiger partial charge in [-0.1, -0.05) is 17.7 Å². The summed E-state index contributed by atoms with van der Waals surface area (Å²) in [5.41, 5.74) is 6.08. The Hall–Kier alpha value is -1.81. The number of hydrogen-bond acceptors (Lipinski definition) is 2. The molecule has 0 aliphatic heterocycles. The normalized spacial score (nSPS) is 10.4. The molecule has 0 unspecified atom stereocenters. The molecule has 0 spiro atoms. The minimum absolute atomic E-state index is 0.0147. The molecule has 94 valence electrons. The van der Waals surface area contributed by atoms with E-state index in [4.69, 9.17) is 22.1 Å². The van der Waals surface area contributed by atoms with Crippen molar-refractivity contribution in [2.45, 2.75) is 6.61 Å². The number of nitrogens with two attached hydrogens (primary N) is 1. The van der Waals surface area contributed by atoms with Crippen LogP contribution in [0.2, 0.25) is 5.02 Å². The second kappa shape index (κ2) is 5.23. The van der Waals surface area contributed by atoms with Gasteiger partial charge in [-0.15, -0.1) is 0 Å². The van der Waals surface area contributed by atoms with Gasteiger partial charge in [0.15, 0.2) is 0 Å². The van der Waals surface area contributed by atoms with Crippen LogP contribution in [0.1, 0.15) is 5.56 Å². The molecule has 2 N–H and O–H groups in total. The first-order valence-corrected chi connectivity index (χ1v) is 5.56. The summed E-state index contributed by atoms with van der Waals surface area (Å²) < 4.78 is 32.0. The summed E-state index contributed by atoms with van der Waals surface area (Å²) in [5.74, 6) is -0.815. The van der Waals surface area contributed by atoms with Crippen LogP contribution in [-0.4, -0.2) is 0 Å². The highest BCUT2D eigenvalue weighted by Gasteiger charge is 2.12. The van der Waals surface area contributed by atoms with Crippen molar-refractivity contribution in [3.63, 3.8) is 0 Å². The Kier molecular flexibility index (Phi) is 3.67. The van der Waals surface area contributed by atoms with E-state index in [2.05, 4.69) is 0 Å². The van der Waals surface area contributed by atoms with E-state index >= 15 is 0 Å². The van der Waals surface area contributed by atoms with E-state index in [0.29, 0.717) is 11.4 Å². The Morgan fingerprint density at radius 3 is 2.56 bits per heavy atom. The van der Waals surface area contributed by atoms with Crippen LogP contribution in [0.5, 0.6) is 5.75 Å². The smallest absolute Gasteiger partial charge is 0.142 e. The minimum Gasteiger partial charge on any atom is -0.489 e. The molecule has 18 heavy (non-hydrogen) atoms. The van der Waals surface area contributed by atoms with Crippen LogP contribution >= 0.6 is 11.6 Å². The van der Waals surface area contributed by atoms with Gasteiger partial charge in [0.2, 0.25) is 0 Å². The molecule has 0 saturated carbocycles. The zero-order chi connectivity index (χ0) is 13.1. The molecule has 2 rings (SSSR count). The molecule has 0 saturated heterocycles. The SMILES string of the molecule is Nc1cccc(OCc2c(F)ccc(F)c2Cl)c1. The van der Waals surface area contributed by atoms with Gasteiger partial charge in [-0.25, -0.2) is 8.78 Å². The summed E-state index contributed by atoms with van der Waals surface area (Å²) in [6.07, 6.45) is 0. The highest BCUT2D eigenvalue weighted by atomic mass is 35.5. The van der Waals surface area contributed by atoms with Gasteiger partial charge in [0.25, 0.3) is 0 Å². The van der Waals surface area contributed by atoms with Crippen LogP contribution in [0.15, 0.2) is 36.4 Å². The van der Waals surface area contributed by atoms with Crippen LogP contribution < -0.4 is 10.5 Å². The van der Waals surface area contributed by atoms with Crippen molar-refractivity contribution < 1.29 is 13.5 Å². The van der Waals surface area contributed by atoms with E-state index in [0.717, 1.165) is 12.1 Å². The molecule has 0 aliphatic rings. The third-order valence-corrected chi connectivity index (χ3v) is 2.79. The molecule has 0 radical (unpaired) electrons. The first-order valence-electron chi connectivity index (χ1n) is 5.18. The average molecular weight is 270 g/mol. The highest BCUT2D eigenvalue weighted by molar-refractivity contribution is 6.31. The molecule has 5 heteroatoms. The maximum Gasteiger partial charge on any atom is 0.142 e. The van der Waals surface area contributed by atoms with Crippen molar-refractivity contribution >= 4 is 17.3 Å². The molecule has 0 aromatic heterocycles. The van der Waals surface area contributed by atoms with Crippen molar-refractivity contribution in [3.05, 3.63) is 58.6 Å². The number of anilines is 1. The first-order chi connectivity index (χ1) is 8.58. The van der Waals surface area contributed by atoms with Crippen molar-refractivity contribution in [1.82, 2.24) is 0 Å². The Balaban J connectivity index is 2.18. The fourth-order valence-corrected chi connectivity index (χ4v) is 1.67. The summed E-state index contributed by atoms with van der Waals surface area (Å²) in [5, 5.41) is -0.265. The highest BCUT2D eigenvalue weighted by Crippen LogP contribution is 2.25. The van der Waals surface area contributed by atoms with E-state index < -0.39 is 11.6 Å². The molecule has 0 atom stereocenters. The summed E-state index contributed by atoms with van der Waals surface area (Å²) in [4.78, 5) is 0. The van der Waals surface area contributed by atoms with Crippen LogP contribution in [0.3, 0.4) is 0 Å². The second-order valence-electron chi connectivity index (χ2n) is 3.68. The largest absolute Gasteiger partial charge is 0.489 e. The molecule has 0 aliphatic carbocycles. The van der Waals surface area contributed by atoms with Crippen LogP contribution in [0, 0.1) is 11.6 Å². The number of hydrogen-bond donors (Lipinski definition) is 1. The van der Waals surface area contributed by atoms with E-state index in [1.165, 1.54) is 0 Å². The number of nitrogen functional groups attached to an aromatic ring is 1. The molecule has 2 aromatic rings. The van der Waals surface area contributed by atoms with Gasteiger partial charge in [-0.05, 0) is 24.3 Å². The number of ether oxygens (including phenoxy) is 1. The van der Waals surface area contributed by atoms with Crippen LogP contribution in [-0.2, 0) is 6.61 Å². The molecule has 2 nitrogen and oxygen atoms in total. The van der Waals surface area contributed by atoms with Gasteiger partial charge in [0, 0.05) is 17.3 Å². The van der Waals surface area contributed by atoms with E-state index in [-0.39, 0.29) is 17.2 Å². The number of benzene rings is 2. The average Bonchev–Trinajstić information content (AvgIpc) is 2.34. The number of rotatable bonds is 3. The Bertz CT molecular complexity index is 575. The van der Waals surface area contributed by atoms with Gasteiger partial charge in [0.1, 0.15) is 24.0 Å². The van der Waals surface area contributed by atoms with Gasteiger partial charge in [-0.3, -0.25) is 0 Å². The lowest BCUT2D eigenvalue weighted by molar-refractivity contribution is 0.299. The Morgan fingerprint density at radius 1 is 1.11 bits per heavy atom. The van der Waals surface area contributed by atoms with E-state index in [1.54, 1.807) is 24.3 Å². The standard InChI is InChI=1S/C13H10ClF2NO/c14-13-10(11(15)4-5-12(13)16)7-18-9-3-1-2-8(17)6-9/h1-6H,7,17H2. The summed E-state index contributed by atoms with van der Waals surface area (Å²) in [6.45, 7) is -0.161. The van der Waals surface area contributed by atoms with Crippen molar-refractivity contribution in [2.24, 2.45) is 0 Å². The Morgan fingerprint density at radius 2 is 1.83 bits per heavy atom. The van der Waals surface area contributed by atoms with Gasteiger partial charge in [-0.2, -0.15) is 0 Å². The topological polar surface area (TPSA) is 35.2 Å². The van der Waals surface area contributed by atoms with E-state index in [9.17, 15) is 8.78 Å². The third kappa shape index (κ3) is 2.71. The van der Waals surface area contributed by atoms with Crippen molar-refractivity contribution in [3.8, 4) is 5.75 Å². The molecule has 0 fully saturated rings. The fraction of sp³-hybridized carbons (Fsp3) is 0.0769. The minimum atomic E-state index is -0.677. The van der Waals surface area contributed by atoms with Gasteiger partial charge >= 0.3 is 0 Å². The second-order valence-corrected chi connectivity index (χ2v) is 4.06. The summed E-state index contributed by atoms with van der Waals surface area (Å²) in [7, 11) is 0. The van der Waals surface area contributed by atoms with E-state index in [1.807, 2.05) is 0 Å². The lowest BCUT2D eigenvalue weighted by Gasteiger charge is -2.09. The lowest BCUT2D eigenvalue weighted by atomic mass is 10.2. The molecule has 2 aromatic carbocycles. The zero-order valence-electron chi connectivity index (χ0n) is 9.29. The quantitative estimate of drug-likeness (QED) is 0.680. The number of halogens is 3. The maximum absolute atomic E-state index is 13.5. The van der Waals surface area contributed by atoms with Crippen LogP contribution in [0.4, 0.5) is 14.5 Å². The first kappa shape index (κ1) is 12.6. The molecular weight excluding hydrogens is 260 g/mol. The molecule has 0 bridgehead atoms. The fourth-order valence-electron chi connectivity index (χ4n) is 1.46. The predicted molar refractivity (Wildman–Crippen MR) is 66.6 cm³/mol. The molecular formula is C13H10ClF2NO. The molecule has 0 amide bonds. The van der Waals surface area contributed by atoms with Crippen molar-refractivity contribution in [1.29, 1.82) is 0 Å². The maximum atomic E-state index is 13.5. The molecule has 0 heterocycles. The van der Waals surface area contributed by atoms with Gasteiger partial charge < -0.3 is 10.5 Å². The third-order valence-electron chi connectivity index (χ3n) is 2.38.